The maximum atomic E-state index is 12.5. The van der Waals surface area contributed by atoms with Crippen LogP contribution in [-0.2, 0) is 14.8 Å². The normalized spacial score (nSPS) is 20.0. The molecule has 0 aromatic heterocycles. The minimum Gasteiger partial charge on any atom is -0.338 e. The quantitative estimate of drug-likeness (QED) is 0.743. The Labute approximate surface area is 172 Å². The summed E-state index contributed by atoms with van der Waals surface area (Å²) >= 11 is 0. The van der Waals surface area contributed by atoms with Crippen LogP contribution in [-0.4, -0.2) is 44.9 Å². The Balaban J connectivity index is 0.00000280. The molecular formula is C20H28ClN3O3S. The number of nitrogens with two attached hydrogens (primary N) is 1. The molecular weight excluding hydrogens is 398 g/mol. The van der Waals surface area contributed by atoms with Crippen molar-refractivity contribution in [3.8, 4) is 0 Å². The molecule has 6 nitrogen and oxygen atoms in total. The van der Waals surface area contributed by atoms with Gasteiger partial charge in [-0.2, -0.15) is 0 Å². The second-order valence-corrected chi connectivity index (χ2v) is 9.03. The zero-order valence-corrected chi connectivity index (χ0v) is 17.6. The first-order chi connectivity index (χ1) is 12.9. The number of sulfonamides is 1. The van der Waals surface area contributed by atoms with Gasteiger partial charge in [0.05, 0.1) is 4.90 Å². The molecule has 1 amide bonds. The average molecular weight is 426 g/mol. The summed E-state index contributed by atoms with van der Waals surface area (Å²) in [6.07, 6.45) is 2.01. The molecule has 1 saturated heterocycles. The lowest BCUT2D eigenvalue weighted by atomic mass is 9.92. The molecule has 2 aromatic rings. The molecule has 2 unspecified atom stereocenters. The summed E-state index contributed by atoms with van der Waals surface area (Å²) in [5.41, 5.74) is 5.81. The average Bonchev–Trinajstić information content (AvgIpc) is 2.67. The Kier molecular flexibility index (Phi) is 7.83. The summed E-state index contributed by atoms with van der Waals surface area (Å²) in [4.78, 5) is 14.5. The van der Waals surface area contributed by atoms with Crippen molar-refractivity contribution in [2.45, 2.75) is 37.1 Å². The summed E-state index contributed by atoms with van der Waals surface area (Å²) < 4.78 is 27.6. The maximum Gasteiger partial charge on any atom is 0.240 e. The predicted octanol–water partition coefficient (Wildman–Crippen LogP) is 2.52. The zero-order valence-electron chi connectivity index (χ0n) is 16.0. The number of likely N-dealkylation sites (tertiary alicyclic amines) is 1. The summed E-state index contributed by atoms with van der Waals surface area (Å²) in [5.74, 6) is 0.521. The smallest absolute Gasteiger partial charge is 0.240 e. The standard InChI is InChI=1S/C20H27N3O3S.ClH/c1-15-9-11-23(18(12-15)14-21)20(24)8-10-22-27(25,26)19-7-6-16-4-2-3-5-17(16)13-19;/h2-7,13,15,18,22H,8-12,14,21H2,1H3;1H. The van der Waals surface area contributed by atoms with Gasteiger partial charge < -0.3 is 10.6 Å². The lowest BCUT2D eigenvalue weighted by molar-refractivity contribution is -0.135. The number of carbonyl (C=O) groups is 1. The molecule has 0 spiro atoms. The number of hydrogen-bond acceptors (Lipinski definition) is 4. The third-order valence-electron chi connectivity index (χ3n) is 5.23. The first-order valence-corrected chi connectivity index (χ1v) is 10.9. The van der Waals surface area contributed by atoms with Crippen LogP contribution < -0.4 is 10.5 Å². The largest absolute Gasteiger partial charge is 0.338 e. The monoisotopic (exact) mass is 425 g/mol. The number of piperidine rings is 1. The van der Waals surface area contributed by atoms with Crippen molar-refractivity contribution in [2.75, 3.05) is 19.6 Å². The van der Waals surface area contributed by atoms with Crippen LogP contribution in [0.3, 0.4) is 0 Å². The van der Waals surface area contributed by atoms with Crippen LogP contribution in [0.2, 0.25) is 0 Å². The minimum atomic E-state index is -3.65. The molecule has 28 heavy (non-hydrogen) atoms. The number of nitrogens with one attached hydrogen (secondary N) is 1. The maximum absolute atomic E-state index is 12.5. The van der Waals surface area contributed by atoms with Crippen molar-refractivity contribution in [3.05, 3.63) is 42.5 Å². The van der Waals surface area contributed by atoms with Crippen LogP contribution in [0.25, 0.3) is 10.8 Å². The molecule has 0 radical (unpaired) electrons. The number of rotatable bonds is 6. The van der Waals surface area contributed by atoms with Gasteiger partial charge in [-0.05, 0) is 41.7 Å². The van der Waals surface area contributed by atoms with Crippen LogP contribution in [0.15, 0.2) is 47.4 Å². The van der Waals surface area contributed by atoms with Crippen LogP contribution in [0.5, 0.6) is 0 Å². The Morgan fingerprint density at radius 2 is 1.93 bits per heavy atom. The highest BCUT2D eigenvalue weighted by Gasteiger charge is 2.28. The number of hydrogen-bond donors (Lipinski definition) is 2. The fourth-order valence-corrected chi connectivity index (χ4v) is 4.72. The van der Waals surface area contributed by atoms with Crippen molar-refractivity contribution in [2.24, 2.45) is 11.7 Å². The van der Waals surface area contributed by atoms with E-state index in [4.69, 9.17) is 5.73 Å². The molecule has 3 N–H and O–H groups in total. The third-order valence-corrected chi connectivity index (χ3v) is 6.69. The molecule has 1 aliphatic heterocycles. The highest BCUT2D eigenvalue weighted by molar-refractivity contribution is 7.89. The van der Waals surface area contributed by atoms with Gasteiger partial charge in [-0.25, -0.2) is 13.1 Å². The highest BCUT2D eigenvalue weighted by atomic mass is 35.5. The number of carbonyl (C=O) groups excluding carboxylic acids is 1. The van der Waals surface area contributed by atoms with E-state index in [-0.39, 0.29) is 42.2 Å². The fourth-order valence-electron chi connectivity index (χ4n) is 3.66. The number of fused-ring (bicyclic) bond motifs is 1. The summed E-state index contributed by atoms with van der Waals surface area (Å²) in [6.45, 7) is 3.39. The predicted molar refractivity (Wildman–Crippen MR) is 114 cm³/mol. The SMILES string of the molecule is CC1CCN(C(=O)CCNS(=O)(=O)c2ccc3ccccc3c2)C(CN)C1.Cl. The number of benzene rings is 2. The Bertz CT molecular complexity index is 920. The van der Waals surface area contributed by atoms with Crippen LogP contribution >= 0.6 is 12.4 Å². The van der Waals surface area contributed by atoms with E-state index in [1.807, 2.05) is 29.2 Å². The second kappa shape index (κ2) is 9.69. The van der Waals surface area contributed by atoms with Gasteiger partial charge in [0.1, 0.15) is 0 Å². The van der Waals surface area contributed by atoms with E-state index in [0.717, 1.165) is 23.6 Å². The van der Waals surface area contributed by atoms with Gasteiger partial charge in [0, 0.05) is 32.1 Å². The van der Waals surface area contributed by atoms with Gasteiger partial charge in [-0.15, -0.1) is 12.4 Å². The first-order valence-electron chi connectivity index (χ1n) is 9.38. The molecule has 2 aromatic carbocycles. The van der Waals surface area contributed by atoms with E-state index in [2.05, 4.69) is 11.6 Å². The molecule has 0 saturated carbocycles. The lowest BCUT2D eigenvalue weighted by Crippen LogP contribution is -2.49. The number of amides is 1. The van der Waals surface area contributed by atoms with E-state index in [1.165, 1.54) is 0 Å². The Hall–Kier alpha value is -1.67. The van der Waals surface area contributed by atoms with E-state index >= 15 is 0 Å². The highest BCUT2D eigenvalue weighted by Crippen LogP contribution is 2.22. The van der Waals surface area contributed by atoms with Crippen molar-refractivity contribution >= 4 is 39.1 Å². The second-order valence-electron chi connectivity index (χ2n) is 7.26. The van der Waals surface area contributed by atoms with Gasteiger partial charge in [0.25, 0.3) is 0 Å². The molecule has 0 bridgehead atoms. The number of halogens is 1. The van der Waals surface area contributed by atoms with Crippen LogP contribution in [0, 0.1) is 5.92 Å². The molecule has 154 valence electrons. The minimum absolute atomic E-state index is 0. The Morgan fingerprint density at radius 1 is 1.21 bits per heavy atom. The fraction of sp³-hybridized carbons (Fsp3) is 0.450. The van der Waals surface area contributed by atoms with Gasteiger partial charge in [0.2, 0.25) is 15.9 Å². The van der Waals surface area contributed by atoms with E-state index in [9.17, 15) is 13.2 Å². The molecule has 1 aliphatic rings. The van der Waals surface area contributed by atoms with Crippen molar-refractivity contribution in [1.29, 1.82) is 0 Å². The third kappa shape index (κ3) is 5.23. The van der Waals surface area contributed by atoms with Crippen molar-refractivity contribution in [1.82, 2.24) is 9.62 Å². The molecule has 3 rings (SSSR count). The van der Waals surface area contributed by atoms with Crippen molar-refractivity contribution < 1.29 is 13.2 Å². The van der Waals surface area contributed by atoms with Crippen LogP contribution in [0.4, 0.5) is 0 Å². The summed E-state index contributed by atoms with van der Waals surface area (Å²) in [7, 11) is -3.65. The van der Waals surface area contributed by atoms with Gasteiger partial charge >= 0.3 is 0 Å². The first kappa shape index (κ1) is 22.6. The molecule has 0 aliphatic carbocycles. The van der Waals surface area contributed by atoms with Crippen molar-refractivity contribution in [3.63, 3.8) is 0 Å². The van der Waals surface area contributed by atoms with Gasteiger partial charge in [0.15, 0.2) is 0 Å². The molecule has 2 atom stereocenters. The Morgan fingerprint density at radius 3 is 2.64 bits per heavy atom. The van der Waals surface area contributed by atoms with Gasteiger partial charge in [-0.3, -0.25) is 4.79 Å². The lowest BCUT2D eigenvalue weighted by Gasteiger charge is -2.38. The van der Waals surface area contributed by atoms with E-state index in [1.54, 1.807) is 18.2 Å². The van der Waals surface area contributed by atoms with E-state index in [0.29, 0.717) is 19.0 Å². The summed E-state index contributed by atoms with van der Waals surface area (Å²) in [6, 6.07) is 12.7. The molecule has 8 heteroatoms. The summed E-state index contributed by atoms with van der Waals surface area (Å²) in [5, 5.41) is 1.85. The number of nitrogens with zero attached hydrogens (tertiary/aromatic N) is 1. The molecule has 1 heterocycles. The topological polar surface area (TPSA) is 92.5 Å². The van der Waals surface area contributed by atoms with Gasteiger partial charge in [-0.1, -0.05) is 37.3 Å². The van der Waals surface area contributed by atoms with Crippen LogP contribution in [0.1, 0.15) is 26.2 Å². The van der Waals surface area contributed by atoms with E-state index < -0.39 is 10.0 Å². The zero-order chi connectivity index (χ0) is 19.4. The molecule has 1 fully saturated rings.